The van der Waals surface area contributed by atoms with Crippen molar-refractivity contribution in [2.45, 2.75) is 52.6 Å². The molecule has 0 spiro atoms. The molecule has 0 atom stereocenters. The van der Waals surface area contributed by atoms with Gasteiger partial charge in [0.2, 0.25) is 0 Å². The first-order valence-corrected chi connectivity index (χ1v) is 5.43. The Labute approximate surface area is 81.9 Å². The maximum Gasteiger partial charge on any atom is 0.0679 e. The van der Waals surface area contributed by atoms with Gasteiger partial charge in [-0.3, -0.25) is 0 Å². The van der Waals surface area contributed by atoms with Gasteiger partial charge in [-0.05, 0) is 44.4 Å². The van der Waals surface area contributed by atoms with Crippen LogP contribution in [0.15, 0.2) is 0 Å². The van der Waals surface area contributed by atoms with Gasteiger partial charge in [0.1, 0.15) is 0 Å². The minimum atomic E-state index is 0.101. The van der Waals surface area contributed by atoms with Crippen molar-refractivity contribution in [3.8, 4) is 0 Å². The van der Waals surface area contributed by atoms with Gasteiger partial charge in [0, 0.05) is 12.5 Å². The Bertz CT molecular complexity index is 208. The minimum absolute atomic E-state index is 0.101. The van der Waals surface area contributed by atoms with Crippen LogP contribution in [0.2, 0.25) is 0 Å². The van der Waals surface area contributed by atoms with Gasteiger partial charge in [-0.15, -0.1) is 0 Å². The largest absolute Gasteiger partial charge is 0.378 e. The minimum Gasteiger partial charge on any atom is -0.378 e. The van der Waals surface area contributed by atoms with Crippen LogP contribution >= 0.6 is 0 Å². The van der Waals surface area contributed by atoms with Gasteiger partial charge < -0.3 is 4.74 Å². The molecule has 0 N–H and O–H groups in total. The number of hydrogen-bond donors (Lipinski definition) is 0. The van der Waals surface area contributed by atoms with Gasteiger partial charge in [0.05, 0.1) is 5.60 Å². The number of hydrogen-bond acceptors (Lipinski definition) is 1. The predicted octanol–water partition coefficient (Wildman–Crippen LogP) is 3.24. The smallest absolute Gasteiger partial charge is 0.0679 e. The fourth-order valence-corrected chi connectivity index (χ4v) is 3.33. The first kappa shape index (κ1) is 9.51. The Kier molecular flexibility index (Phi) is 1.69. The highest BCUT2D eigenvalue weighted by Gasteiger charge is 2.73. The summed E-state index contributed by atoms with van der Waals surface area (Å²) in [5.74, 6) is 0.863. The third-order valence-corrected chi connectivity index (χ3v) is 5.08. The second-order valence-corrected chi connectivity index (χ2v) is 6.04. The molecule has 3 aliphatic carbocycles. The SMILES string of the molecule is COC(C)(C)C12CC(C(C)C)(C1)C2. The van der Waals surface area contributed by atoms with Crippen molar-refractivity contribution in [1.29, 1.82) is 0 Å². The first-order valence-electron chi connectivity index (χ1n) is 5.43. The molecule has 0 heterocycles. The molecule has 3 fully saturated rings. The maximum absolute atomic E-state index is 5.61. The van der Waals surface area contributed by atoms with Gasteiger partial charge in [0.15, 0.2) is 0 Å². The Balaban J connectivity index is 2.04. The predicted molar refractivity (Wildman–Crippen MR) is 54.6 cm³/mol. The molecule has 0 radical (unpaired) electrons. The molecule has 0 aromatic carbocycles. The van der Waals surface area contributed by atoms with E-state index in [0.29, 0.717) is 10.8 Å². The van der Waals surface area contributed by atoms with E-state index in [2.05, 4.69) is 27.7 Å². The topological polar surface area (TPSA) is 9.23 Å². The van der Waals surface area contributed by atoms with Crippen molar-refractivity contribution in [3.05, 3.63) is 0 Å². The van der Waals surface area contributed by atoms with Crippen LogP contribution in [0.3, 0.4) is 0 Å². The van der Waals surface area contributed by atoms with Crippen molar-refractivity contribution >= 4 is 0 Å². The first-order chi connectivity index (χ1) is 5.88. The molecule has 0 aromatic rings. The van der Waals surface area contributed by atoms with Gasteiger partial charge in [-0.2, -0.15) is 0 Å². The molecule has 0 unspecified atom stereocenters. The lowest BCUT2D eigenvalue weighted by Gasteiger charge is -2.77. The van der Waals surface area contributed by atoms with Crippen LogP contribution in [0.25, 0.3) is 0 Å². The summed E-state index contributed by atoms with van der Waals surface area (Å²) in [7, 11) is 1.85. The molecule has 0 saturated heterocycles. The molecule has 2 bridgehead atoms. The van der Waals surface area contributed by atoms with Crippen molar-refractivity contribution in [1.82, 2.24) is 0 Å². The summed E-state index contributed by atoms with van der Waals surface area (Å²) in [6.45, 7) is 9.22. The van der Waals surface area contributed by atoms with Crippen LogP contribution in [0, 0.1) is 16.7 Å². The summed E-state index contributed by atoms with van der Waals surface area (Å²) in [5.41, 5.74) is 1.34. The van der Waals surface area contributed by atoms with E-state index in [1.165, 1.54) is 19.3 Å². The van der Waals surface area contributed by atoms with Crippen molar-refractivity contribution in [2.75, 3.05) is 7.11 Å². The molecule has 3 rings (SSSR count). The standard InChI is InChI=1S/C12H22O/c1-9(2)11-6-12(7-11,8-11)10(3,4)13-5/h9H,6-8H2,1-5H3. The van der Waals surface area contributed by atoms with Gasteiger partial charge in [-0.1, -0.05) is 13.8 Å². The molecule has 0 aromatic heterocycles. The zero-order chi connectivity index (χ0) is 9.91. The number of ether oxygens (including phenoxy) is 1. The van der Waals surface area contributed by atoms with Crippen LogP contribution in [0.4, 0.5) is 0 Å². The van der Waals surface area contributed by atoms with E-state index in [9.17, 15) is 0 Å². The summed E-state index contributed by atoms with van der Waals surface area (Å²) in [5, 5.41) is 0. The summed E-state index contributed by atoms with van der Waals surface area (Å²) in [6.07, 6.45) is 4.20. The highest BCUT2D eigenvalue weighted by Crippen LogP contribution is 2.79. The highest BCUT2D eigenvalue weighted by molar-refractivity contribution is 5.23. The Morgan fingerprint density at radius 2 is 1.62 bits per heavy atom. The second kappa shape index (κ2) is 2.31. The fourth-order valence-electron chi connectivity index (χ4n) is 3.33. The van der Waals surface area contributed by atoms with E-state index in [1.807, 2.05) is 7.11 Å². The third kappa shape index (κ3) is 0.918. The lowest BCUT2D eigenvalue weighted by Crippen LogP contribution is -2.72. The van der Waals surface area contributed by atoms with E-state index >= 15 is 0 Å². The monoisotopic (exact) mass is 182 g/mol. The summed E-state index contributed by atoms with van der Waals surface area (Å²) >= 11 is 0. The molecule has 3 aliphatic rings. The summed E-state index contributed by atoms with van der Waals surface area (Å²) < 4.78 is 5.61. The molecular formula is C12H22O. The molecular weight excluding hydrogens is 160 g/mol. The quantitative estimate of drug-likeness (QED) is 0.651. The van der Waals surface area contributed by atoms with Gasteiger partial charge >= 0.3 is 0 Å². The van der Waals surface area contributed by atoms with Gasteiger partial charge in [-0.25, -0.2) is 0 Å². The zero-order valence-corrected chi connectivity index (χ0v) is 9.61. The van der Waals surface area contributed by atoms with Crippen molar-refractivity contribution in [3.63, 3.8) is 0 Å². The molecule has 13 heavy (non-hydrogen) atoms. The molecule has 0 aliphatic heterocycles. The van der Waals surface area contributed by atoms with E-state index in [4.69, 9.17) is 4.74 Å². The van der Waals surface area contributed by atoms with E-state index in [-0.39, 0.29) is 5.60 Å². The average Bonchev–Trinajstić information content (AvgIpc) is 1.79. The van der Waals surface area contributed by atoms with E-state index < -0.39 is 0 Å². The summed E-state index contributed by atoms with van der Waals surface area (Å²) in [6, 6.07) is 0. The molecule has 0 amide bonds. The molecule has 76 valence electrons. The number of rotatable bonds is 3. The third-order valence-electron chi connectivity index (χ3n) is 5.08. The molecule has 1 nitrogen and oxygen atoms in total. The van der Waals surface area contributed by atoms with Crippen LogP contribution in [0.5, 0.6) is 0 Å². The van der Waals surface area contributed by atoms with E-state index in [1.54, 1.807) is 0 Å². The van der Waals surface area contributed by atoms with E-state index in [0.717, 1.165) is 5.92 Å². The molecule has 1 heteroatoms. The van der Waals surface area contributed by atoms with Crippen LogP contribution in [0.1, 0.15) is 47.0 Å². The van der Waals surface area contributed by atoms with Crippen LogP contribution in [-0.2, 0) is 4.74 Å². The van der Waals surface area contributed by atoms with Crippen molar-refractivity contribution < 1.29 is 4.74 Å². The Hall–Kier alpha value is -0.0400. The Morgan fingerprint density at radius 1 is 1.15 bits per heavy atom. The number of methoxy groups -OCH3 is 1. The van der Waals surface area contributed by atoms with Gasteiger partial charge in [0.25, 0.3) is 0 Å². The van der Waals surface area contributed by atoms with Crippen molar-refractivity contribution in [2.24, 2.45) is 16.7 Å². The van der Waals surface area contributed by atoms with Crippen LogP contribution < -0.4 is 0 Å². The van der Waals surface area contributed by atoms with Crippen LogP contribution in [-0.4, -0.2) is 12.7 Å². The highest BCUT2D eigenvalue weighted by atomic mass is 16.5. The summed E-state index contributed by atoms with van der Waals surface area (Å²) in [4.78, 5) is 0. The lowest BCUT2D eigenvalue weighted by atomic mass is 9.29. The molecule has 3 saturated carbocycles. The Morgan fingerprint density at radius 3 is 1.92 bits per heavy atom. The normalized spacial score (nSPS) is 42.9. The second-order valence-electron chi connectivity index (χ2n) is 6.04. The fraction of sp³-hybridized carbons (Fsp3) is 1.00. The average molecular weight is 182 g/mol. The zero-order valence-electron chi connectivity index (χ0n) is 9.61. The lowest BCUT2D eigenvalue weighted by molar-refractivity contribution is -0.309. The maximum atomic E-state index is 5.61.